The number of benzene rings is 9. The maximum Gasteiger partial charge on any atom is 0.164 e. The normalized spacial score (nSPS) is 11.8. The van der Waals surface area contributed by atoms with Crippen LogP contribution < -0.4 is 0 Å². The molecule has 6 heteroatoms. The van der Waals surface area contributed by atoms with Crippen molar-refractivity contribution in [2.24, 2.45) is 0 Å². The van der Waals surface area contributed by atoms with Gasteiger partial charge in [0.25, 0.3) is 0 Å². The Morgan fingerprint density at radius 2 is 0.937 bits per heavy atom. The average Bonchev–Trinajstić information content (AvgIpc) is 4.03. The fourth-order valence-corrected chi connectivity index (χ4v) is 10.6. The van der Waals surface area contributed by atoms with Crippen molar-refractivity contribution in [2.45, 2.75) is 0 Å². The lowest BCUT2D eigenvalue weighted by molar-refractivity contribution is 0.669. The smallest absolute Gasteiger partial charge is 0.164 e. The fraction of sp³-hybridized carbons (Fsp3) is 0. The first kappa shape index (κ1) is 35.6. The van der Waals surface area contributed by atoms with E-state index in [0.29, 0.717) is 17.5 Å². The first-order valence-electron chi connectivity index (χ1n) is 21.1. The van der Waals surface area contributed by atoms with Crippen LogP contribution in [0.2, 0.25) is 0 Å². The molecule has 0 aliphatic carbocycles. The van der Waals surface area contributed by atoms with Gasteiger partial charge in [-0.1, -0.05) is 152 Å². The van der Waals surface area contributed by atoms with Crippen molar-refractivity contribution in [1.82, 2.24) is 19.5 Å². The van der Waals surface area contributed by atoms with Gasteiger partial charge in [-0.25, -0.2) is 15.0 Å². The molecule has 0 spiro atoms. The molecule has 13 rings (SSSR count). The summed E-state index contributed by atoms with van der Waals surface area (Å²) in [7, 11) is 0. The van der Waals surface area contributed by atoms with E-state index in [1.54, 1.807) is 0 Å². The van der Waals surface area contributed by atoms with Gasteiger partial charge < -0.3 is 8.98 Å². The Kier molecular flexibility index (Phi) is 8.01. The Labute approximate surface area is 365 Å². The van der Waals surface area contributed by atoms with Crippen molar-refractivity contribution in [1.29, 1.82) is 0 Å². The predicted octanol–water partition coefficient (Wildman–Crippen LogP) is 15.6. The Bertz CT molecular complexity index is 3910. The molecule has 4 aromatic heterocycles. The molecule has 294 valence electrons. The summed E-state index contributed by atoms with van der Waals surface area (Å²) in [5.74, 6) is 1.83. The van der Waals surface area contributed by atoms with Crippen molar-refractivity contribution >= 4 is 75.3 Å². The number of para-hydroxylation sites is 2. The van der Waals surface area contributed by atoms with Gasteiger partial charge in [0.15, 0.2) is 17.5 Å². The van der Waals surface area contributed by atoms with E-state index in [1.807, 2.05) is 35.6 Å². The van der Waals surface area contributed by atoms with Crippen LogP contribution in [0, 0.1) is 0 Å². The van der Waals surface area contributed by atoms with Gasteiger partial charge in [0.1, 0.15) is 11.2 Å². The molecule has 0 atom stereocenters. The summed E-state index contributed by atoms with van der Waals surface area (Å²) in [5.41, 5.74) is 12.6. The van der Waals surface area contributed by atoms with Crippen LogP contribution >= 0.6 is 11.3 Å². The Hall–Kier alpha value is -8.19. The highest BCUT2D eigenvalue weighted by Crippen LogP contribution is 2.45. The molecule has 0 aliphatic rings. The Morgan fingerprint density at radius 3 is 1.73 bits per heavy atom. The first-order valence-corrected chi connectivity index (χ1v) is 21.9. The van der Waals surface area contributed by atoms with Crippen molar-refractivity contribution in [3.05, 3.63) is 206 Å². The molecule has 5 nitrogen and oxygen atoms in total. The number of nitrogens with zero attached hydrogens (tertiary/aromatic N) is 4. The van der Waals surface area contributed by atoms with Crippen LogP contribution in [-0.4, -0.2) is 19.5 Å². The van der Waals surface area contributed by atoms with Gasteiger partial charge >= 0.3 is 0 Å². The number of furan rings is 1. The van der Waals surface area contributed by atoms with E-state index in [9.17, 15) is 0 Å². The lowest BCUT2D eigenvalue weighted by Crippen LogP contribution is -2.00. The minimum atomic E-state index is 0.588. The summed E-state index contributed by atoms with van der Waals surface area (Å²) in [6.45, 7) is 0. The number of hydrogen-bond donors (Lipinski definition) is 0. The standard InChI is InChI=1S/C57H34N4OS/c1-4-14-35(15-5-1)37-26-30-44-45-31-28-39(34-51(45)62-50(44)33-37)56-58-55(36-16-6-2-7-17-36)59-57(60-56)47-23-13-25-52-53(47)46-22-12-21-41(54(46)63-52)38-27-29-43-42-20-10-11-24-48(42)61(49(43)32-38)40-18-8-3-9-19-40/h1-34H. The van der Waals surface area contributed by atoms with Gasteiger partial charge in [0.05, 0.1) is 11.0 Å². The summed E-state index contributed by atoms with van der Waals surface area (Å²) in [6.07, 6.45) is 0. The van der Waals surface area contributed by atoms with E-state index < -0.39 is 0 Å². The number of fused-ring (bicyclic) bond motifs is 9. The molecular weight excluding hydrogens is 789 g/mol. The molecule has 0 fully saturated rings. The molecule has 0 saturated heterocycles. The maximum absolute atomic E-state index is 6.55. The van der Waals surface area contributed by atoms with Crippen LogP contribution in [0.4, 0.5) is 0 Å². The van der Waals surface area contributed by atoms with Gasteiger partial charge in [-0.05, 0) is 76.9 Å². The third-order valence-corrected chi connectivity index (χ3v) is 13.5. The SMILES string of the molecule is c1ccc(-c2ccc3c(c2)oc2cc(-c4nc(-c5ccccc5)nc(-c5cccc6sc7c(-c8ccc9c%10ccccc%10n(-c%10ccccc%10)c9c8)cccc7c56)n4)ccc23)cc1. The highest BCUT2D eigenvalue weighted by atomic mass is 32.1. The molecule has 13 aromatic rings. The third kappa shape index (κ3) is 5.80. The van der Waals surface area contributed by atoms with Gasteiger partial charge in [0.2, 0.25) is 0 Å². The zero-order valence-corrected chi connectivity index (χ0v) is 34.6. The van der Waals surface area contributed by atoms with Crippen molar-refractivity contribution in [3.8, 4) is 62.1 Å². The molecule has 0 unspecified atom stereocenters. The van der Waals surface area contributed by atoms with Crippen molar-refractivity contribution in [2.75, 3.05) is 0 Å². The third-order valence-electron chi connectivity index (χ3n) is 12.3. The zero-order valence-electron chi connectivity index (χ0n) is 33.7. The minimum absolute atomic E-state index is 0.588. The van der Waals surface area contributed by atoms with E-state index in [2.05, 4.69) is 187 Å². The minimum Gasteiger partial charge on any atom is -0.456 e. The zero-order chi connectivity index (χ0) is 41.4. The lowest BCUT2D eigenvalue weighted by Gasteiger charge is -2.10. The lowest BCUT2D eigenvalue weighted by atomic mass is 9.99. The first-order chi connectivity index (χ1) is 31.2. The monoisotopic (exact) mass is 822 g/mol. The largest absolute Gasteiger partial charge is 0.456 e. The van der Waals surface area contributed by atoms with Crippen LogP contribution in [0.3, 0.4) is 0 Å². The summed E-state index contributed by atoms with van der Waals surface area (Å²) in [5, 5.41) is 6.92. The van der Waals surface area contributed by atoms with Crippen LogP contribution in [0.25, 0.3) is 126 Å². The summed E-state index contributed by atoms with van der Waals surface area (Å²) < 4.78 is 11.3. The predicted molar refractivity (Wildman–Crippen MR) is 262 cm³/mol. The number of rotatable bonds is 6. The second kappa shape index (κ2) is 14.2. The van der Waals surface area contributed by atoms with Crippen LogP contribution in [0.1, 0.15) is 0 Å². The molecular formula is C57H34N4OS. The second-order valence-corrected chi connectivity index (χ2v) is 17.0. The van der Waals surface area contributed by atoms with Gasteiger partial charge in [-0.2, -0.15) is 0 Å². The van der Waals surface area contributed by atoms with E-state index in [1.165, 1.54) is 47.7 Å². The average molecular weight is 823 g/mol. The van der Waals surface area contributed by atoms with Crippen LogP contribution in [0.15, 0.2) is 211 Å². The molecule has 4 heterocycles. The molecule has 0 amide bonds. The number of thiophene rings is 1. The molecule has 0 radical (unpaired) electrons. The number of aromatic nitrogens is 4. The highest BCUT2D eigenvalue weighted by molar-refractivity contribution is 7.26. The highest BCUT2D eigenvalue weighted by Gasteiger charge is 2.20. The molecule has 0 saturated carbocycles. The molecule has 0 N–H and O–H groups in total. The fourth-order valence-electron chi connectivity index (χ4n) is 9.32. The van der Waals surface area contributed by atoms with Crippen molar-refractivity contribution < 1.29 is 4.42 Å². The van der Waals surface area contributed by atoms with E-state index >= 15 is 0 Å². The second-order valence-electron chi connectivity index (χ2n) is 15.9. The maximum atomic E-state index is 6.55. The number of hydrogen-bond acceptors (Lipinski definition) is 5. The molecule has 0 aliphatic heterocycles. The summed E-state index contributed by atoms with van der Waals surface area (Å²) >= 11 is 1.82. The summed E-state index contributed by atoms with van der Waals surface area (Å²) in [4.78, 5) is 15.6. The molecule has 0 bridgehead atoms. The van der Waals surface area contributed by atoms with Crippen LogP contribution in [0.5, 0.6) is 0 Å². The summed E-state index contributed by atoms with van der Waals surface area (Å²) in [6, 6.07) is 72.6. The van der Waals surface area contributed by atoms with Gasteiger partial charge in [0, 0.05) is 64.1 Å². The Morgan fingerprint density at radius 1 is 0.365 bits per heavy atom. The molecule has 63 heavy (non-hydrogen) atoms. The van der Waals surface area contributed by atoms with Crippen molar-refractivity contribution in [3.63, 3.8) is 0 Å². The molecule has 9 aromatic carbocycles. The topological polar surface area (TPSA) is 56.7 Å². The quantitative estimate of drug-likeness (QED) is 0.168. The Balaban J connectivity index is 0.969. The van der Waals surface area contributed by atoms with E-state index in [0.717, 1.165) is 60.8 Å². The van der Waals surface area contributed by atoms with Crippen LogP contribution in [-0.2, 0) is 0 Å². The van der Waals surface area contributed by atoms with Gasteiger partial charge in [-0.3, -0.25) is 0 Å². The van der Waals surface area contributed by atoms with Gasteiger partial charge in [-0.15, -0.1) is 11.3 Å². The van der Waals surface area contributed by atoms with E-state index in [4.69, 9.17) is 19.4 Å². The van der Waals surface area contributed by atoms with E-state index in [-0.39, 0.29) is 0 Å².